The lowest BCUT2D eigenvalue weighted by molar-refractivity contribution is -0.197. The van der Waals surface area contributed by atoms with Crippen molar-refractivity contribution >= 4 is 23.2 Å². The highest BCUT2D eigenvalue weighted by atomic mass is 35.5. The van der Waals surface area contributed by atoms with Crippen LogP contribution in [0.1, 0.15) is 12.8 Å². The first-order valence-corrected chi connectivity index (χ1v) is 5.68. The molecule has 3 aliphatic rings. The summed E-state index contributed by atoms with van der Waals surface area (Å²) in [6, 6.07) is 0. The Bertz CT molecular complexity index is 228. The molecule has 0 aromatic heterocycles. The maximum absolute atomic E-state index is 6.18. The van der Waals surface area contributed by atoms with Gasteiger partial charge in [-0.1, -0.05) is 0 Å². The van der Waals surface area contributed by atoms with Crippen molar-refractivity contribution in [3.05, 3.63) is 0 Å². The summed E-state index contributed by atoms with van der Waals surface area (Å²) >= 11 is 12.3. The molecule has 3 rings (SSSR count). The summed E-state index contributed by atoms with van der Waals surface area (Å²) in [5.41, 5.74) is 0. The van der Waals surface area contributed by atoms with Crippen molar-refractivity contribution in [2.24, 2.45) is 11.8 Å². The van der Waals surface area contributed by atoms with Gasteiger partial charge in [-0.05, 0) is 12.3 Å². The molecule has 0 aromatic carbocycles. The van der Waals surface area contributed by atoms with Crippen molar-refractivity contribution in [3.8, 4) is 0 Å². The molecule has 74 valence electrons. The van der Waals surface area contributed by atoms with E-state index in [1.807, 2.05) is 0 Å². The molecule has 0 amide bonds. The predicted octanol–water partition coefficient (Wildman–Crippen LogP) is 1.98. The fourth-order valence-corrected chi connectivity index (χ4v) is 3.98. The van der Waals surface area contributed by atoms with Crippen LogP contribution in [0.5, 0.6) is 0 Å². The van der Waals surface area contributed by atoms with E-state index in [1.165, 1.54) is 0 Å². The fraction of sp³-hybridized carbons (Fsp3) is 1.00. The van der Waals surface area contributed by atoms with E-state index in [1.54, 1.807) is 0 Å². The third kappa shape index (κ3) is 0.980. The van der Waals surface area contributed by atoms with Gasteiger partial charge in [0.15, 0.2) is 5.79 Å². The molecule has 3 fully saturated rings. The van der Waals surface area contributed by atoms with Crippen LogP contribution in [0.4, 0.5) is 0 Å². The SMILES string of the molecule is ClC1C(Cl)[C@H]2[C@@H]1CCC21OCCO1. The summed E-state index contributed by atoms with van der Waals surface area (Å²) in [5, 5.41) is 0.158. The van der Waals surface area contributed by atoms with Crippen molar-refractivity contribution in [2.45, 2.75) is 29.4 Å². The van der Waals surface area contributed by atoms with E-state index in [-0.39, 0.29) is 16.5 Å². The van der Waals surface area contributed by atoms with Crippen LogP contribution in [0.25, 0.3) is 0 Å². The molecule has 4 heteroatoms. The summed E-state index contributed by atoms with van der Waals surface area (Å²) in [7, 11) is 0. The molecule has 2 nitrogen and oxygen atoms in total. The quantitative estimate of drug-likeness (QED) is 0.584. The summed E-state index contributed by atoms with van der Waals surface area (Å²) in [4.78, 5) is 0. The van der Waals surface area contributed by atoms with Crippen molar-refractivity contribution in [1.82, 2.24) is 0 Å². The Kier molecular flexibility index (Phi) is 1.86. The van der Waals surface area contributed by atoms with Gasteiger partial charge in [-0.3, -0.25) is 0 Å². The van der Waals surface area contributed by atoms with Crippen LogP contribution in [0.15, 0.2) is 0 Å². The summed E-state index contributed by atoms with van der Waals surface area (Å²) in [6.45, 7) is 1.42. The number of hydrogen-bond acceptors (Lipinski definition) is 2. The smallest absolute Gasteiger partial charge is 0.173 e. The van der Waals surface area contributed by atoms with Gasteiger partial charge in [0.2, 0.25) is 0 Å². The molecule has 2 unspecified atom stereocenters. The number of halogens is 2. The predicted molar refractivity (Wildman–Crippen MR) is 50.1 cm³/mol. The molecule has 1 heterocycles. The van der Waals surface area contributed by atoms with Crippen LogP contribution in [0, 0.1) is 11.8 Å². The Morgan fingerprint density at radius 2 is 1.77 bits per heavy atom. The van der Waals surface area contributed by atoms with Crippen LogP contribution in [0.2, 0.25) is 0 Å². The first-order chi connectivity index (χ1) is 6.25. The van der Waals surface area contributed by atoms with E-state index in [4.69, 9.17) is 32.7 Å². The molecule has 2 saturated carbocycles. The van der Waals surface area contributed by atoms with E-state index in [2.05, 4.69) is 0 Å². The molecular weight excluding hydrogens is 211 g/mol. The minimum absolute atomic E-state index is 0.0345. The number of hydrogen-bond donors (Lipinski definition) is 0. The molecule has 1 spiro atoms. The average molecular weight is 223 g/mol. The Morgan fingerprint density at radius 3 is 2.46 bits per heavy atom. The zero-order chi connectivity index (χ0) is 9.05. The van der Waals surface area contributed by atoms with E-state index in [0.717, 1.165) is 12.8 Å². The number of fused-ring (bicyclic) bond motifs is 2. The van der Waals surface area contributed by atoms with Crippen LogP contribution in [-0.4, -0.2) is 29.8 Å². The van der Waals surface area contributed by atoms with Crippen LogP contribution >= 0.6 is 23.2 Å². The lowest BCUT2D eigenvalue weighted by Crippen LogP contribution is -2.55. The van der Waals surface area contributed by atoms with Gasteiger partial charge in [-0.25, -0.2) is 0 Å². The topological polar surface area (TPSA) is 18.5 Å². The monoisotopic (exact) mass is 222 g/mol. The normalized spacial score (nSPS) is 52.2. The second-order valence-corrected chi connectivity index (χ2v) is 5.13. The molecule has 0 aromatic rings. The minimum Gasteiger partial charge on any atom is -0.347 e. The van der Waals surface area contributed by atoms with E-state index >= 15 is 0 Å². The molecule has 13 heavy (non-hydrogen) atoms. The maximum Gasteiger partial charge on any atom is 0.173 e. The molecule has 0 N–H and O–H groups in total. The first-order valence-electron chi connectivity index (χ1n) is 4.81. The Labute approximate surface area is 87.5 Å². The highest BCUT2D eigenvalue weighted by Gasteiger charge is 2.65. The van der Waals surface area contributed by atoms with Crippen LogP contribution < -0.4 is 0 Å². The zero-order valence-corrected chi connectivity index (χ0v) is 8.72. The van der Waals surface area contributed by atoms with Gasteiger partial charge in [0.05, 0.1) is 24.0 Å². The number of alkyl halides is 2. The van der Waals surface area contributed by atoms with E-state index < -0.39 is 0 Å². The van der Waals surface area contributed by atoms with E-state index in [0.29, 0.717) is 25.0 Å². The molecule has 4 atom stereocenters. The van der Waals surface area contributed by atoms with Crippen molar-refractivity contribution in [3.63, 3.8) is 0 Å². The number of ether oxygens (including phenoxy) is 2. The lowest BCUT2D eigenvalue weighted by Gasteiger charge is -2.46. The van der Waals surface area contributed by atoms with Crippen molar-refractivity contribution < 1.29 is 9.47 Å². The van der Waals surface area contributed by atoms with Crippen molar-refractivity contribution in [1.29, 1.82) is 0 Å². The van der Waals surface area contributed by atoms with Gasteiger partial charge in [0.25, 0.3) is 0 Å². The van der Waals surface area contributed by atoms with Gasteiger partial charge >= 0.3 is 0 Å². The standard InChI is InChI=1S/C9H12Cl2O2/c10-7-5-1-2-9(6(5)8(7)11)12-3-4-13-9/h5-8H,1-4H2/t5-,6+,7?,8?/m0/s1. The van der Waals surface area contributed by atoms with Gasteiger partial charge in [0, 0.05) is 12.3 Å². The highest BCUT2D eigenvalue weighted by molar-refractivity contribution is 6.31. The molecule has 1 aliphatic heterocycles. The van der Waals surface area contributed by atoms with Gasteiger partial charge in [-0.2, -0.15) is 0 Å². The van der Waals surface area contributed by atoms with Gasteiger partial charge < -0.3 is 9.47 Å². The highest BCUT2D eigenvalue weighted by Crippen LogP contribution is 2.59. The van der Waals surface area contributed by atoms with Crippen LogP contribution in [-0.2, 0) is 9.47 Å². The zero-order valence-electron chi connectivity index (χ0n) is 7.21. The Hall–Kier alpha value is 0.500. The average Bonchev–Trinajstić information content (AvgIpc) is 2.72. The van der Waals surface area contributed by atoms with E-state index in [9.17, 15) is 0 Å². The van der Waals surface area contributed by atoms with Crippen LogP contribution in [0.3, 0.4) is 0 Å². The summed E-state index contributed by atoms with van der Waals surface area (Å²) < 4.78 is 11.4. The second kappa shape index (κ2) is 2.75. The fourth-order valence-electron chi connectivity index (χ4n) is 2.97. The Balaban J connectivity index is 1.86. The molecule has 0 bridgehead atoms. The molecule has 2 aliphatic carbocycles. The maximum atomic E-state index is 6.18. The van der Waals surface area contributed by atoms with Gasteiger partial charge in [0.1, 0.15) is 0 Å². The first kappa shape index (κ1) is 8.78. The molecular formula is C9H12Cl2O2. The second-order valence-electron chi connectivity index (χ2n) is 4.13. The van der Waals surface area contributed by atoms with Crippen molar-refractivity contribution in [2.75, 3.05) is 13.2 Å². The lowest BCUT2D eigenvalue weighted by atomic mass is 9.73. The van der Waals surface area contributed by atoms with Gasteiger partial charge in [-0.15, -0.1) is 23.2 Å². The Morgan fingerprint density at radius 1 is 1.08 bits per heavy atom. The summed E-state index contributed by atoms with van der Waals surface area (Å²) in [6.07, 6.45) is 2.07. The summed E-state index contributed by atoms with van der Waals surface area (Å²) in [5.74, 6) is 0.490. The molecule has 0 radical (unpaired) electrons. The largest absolute Gasteiger partial charge is 0.347 e. The third-order valence-electron chi connectivity index (χ3n) is 3.63. The molecule has 1 saturated heterocycles. The number of rotatable bonds is 0. The minimum atomic E-state index is -0.359. The third-order valence-corrected chi connectivity index (χ3v) is 4.89.